The molecule has 0 radical (unpaired) electrons. The van der Waals surface area contributed by atoms with Gasteiger partial charge in [-0.3, -0.25) is 4.99 Å². The van der Waals surface area contributed by atoms with Crippen molar-refractivity contribution in [1.82, 2.24) is 20.3 Å². The van der Waals surface area contributed by atoms with Gasteiger partial charge in [0.2, 0.25) is 10.0 Å². The maximum atomic E-state index is 11.3. The number of aliphatic imine (C=N–C) groups is 1. The number of nitrogens with zero attached hydrogens (tertiary/aromatic N) is 2. The molecule has 0 saturated carbocycles. The van der Waals surface area contributed by atoms with E-state index in [2.05, 4.69) is 32.3 Å². The predicted molar refractivity (Wildman–Crippen MR) is 117 cm³/mol. The average Bonchev–Trinajstić information content (AvgIpc) is 3.02. The maximum Gasteiger partial charge on any atom is 0.211 e. The molecule has 25 heavy (non-hydrogen) atoms. The average molecular weight is 503 g/mol. The largest absolute Gasteiger partial charge is 0.357 e. The Labute approximate surface area is 172 Å². The fourth-order valence-electron chi connectivity index (χ4n) is 1.86. The van der Waals surface area contributed by atoms with Crippen LogP contribution >= 0.6 is 35.3 Å². The van der Waals surface area contributed by atoms with Crippen LogP contribution in [0.2, 0.25) is 0 Å². The number of thiazole rings is 1. The molecule has 1 aromatic heterocycles. The summed E-state index contributed by atoms with van der Waals surface area (Å²) in [4.78, 5) is 10.2. The molecule has 1 aromatic rings. The quantitative estimate of drug-likeness (QED) is 0.185. The summed E-state index contributed by atoms with van der Waals surface area (Å²) in [5.74, 6) is 0.861. The molecule has 0 aliphatic heterocycles. The standard InChI is InChI=1S/C15H29N5O2S2.HI/c1-4-13-12-19-14(23-13)8-11-18-15(16-5-2)17-9-7-10-20-24(21,22)6-3;/h12,20H,4-11H2,1-3H3,(H2,16,17,18);1H. The minimum Gasteiger partial charge on any atom is -0.357 e. The lowest BCUT2D eigenvalue weighted by atomic mass is 10.4. The number of hydrogen-bond donors (Lipinski definition) is 3. The third-order valence-corrected chi connectivity index (χ3v) is 5.84. The van der Waals surface area contributed by atoms with E-state index in [4.69, 9.17) is 0 Å². The SMILES string of the molecule is CCNC(=NCCCNS(=O)(=O)CC)NCCc1ncc(CC)s1.I. The van der Waals surface area contributed by atoms with Crippen LogP contribution in [0.5, 0.6) is 0 Å². The summed E-state index contributed by atoms with van der Waals surface area (Å²) >= 11 is 1.75. The van der Waals surface area contributed by atoms with Gasteiger partial charge in [0.1, 0.15) is 0 Å². The molecule has 0 saturated heterocycles. The third-order valence-electron chi connectivity index (χ3n) is 3.23. The number of aryl methyl sites for hydroxylation is 1. The van der Waals surface area contributed by atoms with Gasteiger partial charge in [0.25, 0.3) is 0 Å². The summed E-state index contributed by atoms with van der Waals surface area (Å²) in [6.07, 6.45) is 4.50. The van der Waals surface area contributed by atoms with E-state index in [1.165, 1.54) is 4.88 Å². The zero-order chi connectivity index (χ0) is 17.8. The van der Waals surface area contributed by atoms with Gasteiger partial charge in [-0.25, -0.2) is 18.1 Å². The highest BCUT2D eigenvalue weighted by Crippen LogP contribution is 2.13. The predicted octanol–water partition coefficient (Wildman–Crippen LogP) is 1.75. The second-order valence-corrected chi connectivity index (χ2v) is 8.46. The van der Waals surface area contributed by atoms with Gasteiger partial charge >= 0.3 is 0 Å². The number of nitrogens with one attached hydrogen (secondary N) is 3. The van der Waals surface area contributed by atoms with Gasteiger partial charge in [0.15, 0.2) is 5.96 Å². The van der Waals surface area contributed by atoms with Gasteiger partial charge in [-0.05, 0) is 26.7 Å². The van der Waals surface area contributed by atoms with E-state index in [0.29, 0.717) is 19.5 Å². The molecule has 1 rings (SSSR count). The van der Waals surface area contributed by atoms with Crippen LogP contribution in [0.3, 0.4) is 0 Å². The van der Waals surface area contributed by atoms with Gasteiger partial charge in [0.05, 0.1) is 10.8 Å². The topological polar surface area (TPSA) is 95.5 Å². The Hall–Kier alpha value is -0.460. The Morgan fingerprint density at radius 1 is 1.24 bits per heavy atom. The van der Waals surface area contributed by atoms with Crippen molar-refractivity contribution in [2.45, 2.75) is 40.0 Å². The molecule has 3 N–H and O–H groups in total. The smallest absolute Gasteiger partial charge is 0.211 e. The zero-order valence-corrected chi connectivity index (χ0v) is 19.1. The van der Waals surface area contributed by atoms with Crippen LogP contribution in [0.1, 0.15) is 37.1 Å². The van der Waals surface area contributed by atoms with Crippen molar-refractivity contribution >= 4 is 51.3 Å². The van der Waals surface area contributed by atoms with Gasteiger partial charge in [0, 0.05) is 43.7 Å². The van der Waals surface area contributed by atoms with E-state index >= 15 is 0 Å². The van der Waals surface area contributed by atoms with Gasteiger partial charge < -0.3 is 10.6 Å². The maximum absolute atomic E-state index is 11.3. The van der Waals surface area contributed by atoms with Crippen LogP contribution in [-0.4, -0.2) is 51.3 Å². The van der Waals surface area contributed by atoms with E-state index in [1.807, 2.05) is 13.1 Å². The molecule has 0 amide bonds. The molecular formula is C15H30IN5O2S2. The minimum absolute atomic E-state index is 0. The van der Waals surface area contributed by atoms with E-state index in [1.54, 1.807) is 18.3 Å². The Kier molecular flexibility index (Phi) is 13.5. The molecule has 0 aliphatic rings. The molecule has 1 heterocycles. The summed E-state index contributed by atoms with van der Waals surface area (Å²) in [5.41, 5.74) is 0. The van der Waals surface area contributed by atoms with Crippen LogP contribution < -0.4 is 15.4 Å². The summed E-state index contributed by atoms with van der Waals surface area (Å²) < 4.78 is 25.2. The first-order valence-corrected chi connectivity index (χ1v) is 10.9. The molecule has 0 atom stereocenters. The molecule has 7 nitrogen and oxygen atoms in total. The lowest BCUT2D eigenvalue weighted by molar-refractivity contribution is 0.581. The molecule has 0 bridgehead atoms. The van der Waals surface area contributed by atoms with Gasteiger partial charge in [-0.2, -0.15) is 0 Å². The Morgan fingerprint density at radius 2 is 2.00 bits per heavy atom. The highest BCUT2D eigenvalue weighted by atomic mass is 127. The number of hydrogen-bond acceptors (Lipinski definition) is 5. The molecule has 0 aliphatic carbocycles. The second kappa shape index (κ2) is 13.7. The fraction of sp³-hybridized carbons (Fsp3) is 0.733. The van der Waals surface area contributed by atoms with E-state index < -0.39 is 10.0 Å². The molecule has 146 valence electrons. The third kappa shape index (κ3) is 11.0. The Balaban J connectivity index is 0.00000576. The normalized spacial score (nSPS) is 11.9. The molecule has 0 aromatic carbocycles. The van der Waals surface area contributed by atoms with E-state index in [0.717, 1.165) is 36.9 Å². The van der Waals surface area contributed by atoms with Crippen LogP contribution in [0.25, 0.3) is 0 Å². The molecule has 0 spiro atoms. The first kappa shape index (κ1) is 24.5. The van der Waals surface area contributed by atoms with Crippen molar-refractivity contribution in [3.05, 3.63) is 16.1 Å². The monoisotopic (exact) mass is 503 g/mol. The van der Waals surface area contributed by atoms with Crippen LogP contribution in [-0.2, 0) is 22.9 Å². The first-order chi connectivity index (χ1) is 11.5. The number of aromatic nitrogens is 1. The lowest BCUT2D eigenvalue weighted by Crippen LogP contribution is -2.38. The number of rotatable bonds is 11. The summed E-state index contributed by atoms with van der Waals surface area (Å²) in [5, 5.41) is 7.60. The zero-order valence-electron chi connectivity index (χ0n) is 15.2. The highest BCUT2D eigenvalue weighted by molar-refractivity contribution is 14.0. The molecule has 0 unspecified atom stereocenters. The summed E-state index contributed by atoms with van der Waals surface area (Å²) in [6.45, 7) is 8.31. The van der Waals surface area contributed by atoms with Crippen molar-refractivity contribution in [3.8, 4) is 0 Å². The van der Waals surface area contributed by atoms with Gasteiger partial charge in [-0.1, -0.05) is 6.92 Å². The number of halogens is 1. The van der Waals surface area contributed by atoms with Crippen molar-refractivity contribution < 1.29 is 8.42 Å². The van der Waals surface area contributed by atoms with Crippen molar-refractivity contribution in [3.63, 3.8) is 0 Å². The second-order valence-electron chi connectivity index (χ2n) is 5.16. The van der Waals surface area contributed by atoms with Crippen LogP contribution in [0.15, 0.2) is 11.2 Å². The number of sulfonamides is 1. The Morgan fingerprint density at radius 3 is 2.60 bits per heavy atom. The lowest BCUT2D eigenvalue weighted by Gasteiger charge is -2.10. The van der Waals surface area contributed by atoms with Crippen molar-refractivity contribution in [1.29, 1.82) is 0 Å². The summed E-state index contributed by atoms with van der Waals surface area (Å²) in [7, 11) is -3.11. The van der Waals surface area contributed by atoms with Gasteiger partial charge in [-0.15, -0.1) is 35.3 Å². The number of guanidine groups is 1. The minimum atomic E-state index is -3.11. The first-order valence-electron chi connectivity index (χ1n) is 8.43. The van der Waals surface area contributed by atoms with Crippen LogP contribution in [0.4, 0.5) is 0 Å². The summed E-state index contributed by atoms with van der Waals surface area (Å²) in [6, 6.07) is 0. The van der Waals surface area contributed by atoms with Crippen molar-refractivity contribution in [2.24, 2.45) is 4.99 Å². The van der Waals surface area contributed by atoms with Crippen molar-refractivity contribution in [2.75, 3.05) is 31.9 Å². The van der Waals surface area contributed by atoms with E-state index in [9.17, 15) is 8.42 Å². The molecule has 0 fully saturated rings. The molecular weight excluding hydrogens is 473 g/mol. The Bertz CT molecular complexity index is 605. The highest BCUT2D eigenvalue weighted by Gasteiger charge is 2.04. The van der Waals surface area contributed by atoms with E-state index in [-0.39, 0.29) is 29.7 Å². The molecule has 10 heteroatoms. The fourth-order valence-corrected chi connectivity index (χ4v) is 3.38. The van der Waals surface area contributed by atoms with Crippen LogP contribution in [0, 0.1) is 0 Å².